The summed E-state index contributed by atoms with van der Waals surface area (Å²) in [5.74, 6) is -0.568. The maximum atomic E-state index is 11.4. The molecule has 0 aliphatic heterocycles. The van der Waals surface area contributed by atoms with Crippen molar-refractivity contribution < 1.29 is 9.90 Å². The third kappa shape index (κ3) is 3.83. The van der Waals surface area contributed by atoms with E-state index >= 15 is 0 Å². The Kier molecular flexibility index (Phi) is 4.16. The second-order valence-corrected chi connectivity index (χ2v) is 5.03. The molecule has 4 nitrogen and oxygen atoms in total. The van der Waals surface area contributed by atoms with Crippen LogP contribution < -0.4 is 5.32 Å². The van der Waals surface area contributed by atoms with Gasteiger partial charge in [0.1, 0.15) is 0 Å². The van der Waals surface area contributed by atoms with Crippen LogP contribution in [-0.4, -0.2) is 26.0 Å². The Labute approximate surface area is 101 Å². The van der Waals surface area contributed by atoms with E-state index in [-0.39, 0.29) is 5.56 Å². The maximum absolute atomic E-state index is 11.4. The molecule has 0 aliphatic rings. The summed E-state index contributed by atoms with van der Waals surface area (Å²) in [6, 6.07) is 3.10. The predicted molar refractivity (Wildman–Crippen MR) is 58.0 cm³/mol. The number of rotatable bonds is 2. The summed E-state index contributed by atoms with van der Waals surface area (Å²) in [5, 5.41) is 11.4. The fraction of sp³-hybridized carbons (Fsp3) is 0.250. The number of carbonyl (C=O) groups is 1. The van der Waals surface area contributed by atoms with Gasteiger partial charge in [0.25, 0.3) is 5.91 Å². The fourth-order valence-electron chi connectivity index (χ4n) is 0.786. The van der Waals surface area contributed by atoms with E-state index in [9.17, 15) is 9.90 Å². The number of amides is 1. The van der Waals surface area contributed by atoms with Crippen molar-refractivity contribution in [1.29, 1.82) is 0 Å². The van der Waals surface area contributed by atoms with Gasteiger partial charge in [-0.15, -0.1) is 0 Å². The van der Waals surface area contributed by atoms with Crippen LogP contribution in [0.4, 0.5) is 0 Å². The molecule has 0 saturated carbocycles. The highest BCUT2D eigenvalue weighted by molar-refractivity contribution is 6.68. The molecule has 1 aromatic heterocycles. The van der Waals surface area contributed by atoms with E-state index in [2.05, 4.69) is 10.3 Å². The molecular formula is C8H7Cl3N2O2. The maximum Gasteiger partial charge on any atom is 0.254 e. The minimum Gasteiger partial charge on any atom is -0.369 e. The van der Waals surface area contributed by atoms with Crippen molar-refractivity contribution in [2.24, 2.45) is 0 Å². The van der Waals surface area contributed by atoms with Crippen LogP contribution in [0.25, 0.3) is 0 Å². The van der Waals surface area contributed by atoms with Gasteiger partial charge >= 0.3 is 0 Å². The van der Waals surface area contributed by atoms with E-state index in [1.165, 1.54) is 18.5 Å². The van der Waals surface area contributed by atoms with Crippen LogP contribution in [0.3, 0.4) is 0 Å². The van der Waals surface area contributed by atoms with E-state index in [1.807, 2.05) is 0 Å². The molecule has 1 heterocycles. The number of nitrogens with zero attached hydrogens (tertiary/aromatic N) is 1. The number of nitrogens with one attached hydrogen (secondary N) is 1. The molecular weight excluding hydrogens is 262 g/mol. The summed E-state index contributed by atoms with van der Waals surface area (Å²) in [4.78, 5) is 15.1. The first-order valence-electron chi connectivity index (χ1n) is 3.87. The molecule has 0 aromatic carbocycles. The molecule has 2 N–H and O–H groups in total. The lowest BCUT2D eigenvalue weighted by molar-refractivity contribution is 0.0791. The molecule has 1 atom stereocenters. The molecule has 15 heavy (non-hydrogen) atoms. The van der Waals surface area contributed by atoms with Crippen LogP contribution >= 0.6 is 34.8 Å². The first kappa shape index (κ1) is 12.5. The SMILES string of the molecule is O=C(N[C@H](O)C(Cl)(Cl)Cl)c1cccnc1. The average Bonchev–Trinajstić information content (AvgIpc) is 2.17. The van der Waals surface area contributed by atoms with Gasteiger partial charge in [0.15, 0.2) is 6.23 Å². The lowest BCUT2D eigenvalue weighted by atomic mass is 10.3. The summed E-state index contributed by atoms with van der Waals surface area (Å²) < 4.78 is -1.96. The van der Waals surface area contributed by atoms with Crippen molar-refractivity contribution in [1.82, 2.24) is 10.3 Å². The minimum atomic E-state index is -1.96. The zero-order valence-electron chi connectivity index (χ0n) is 7.32. The van der Waals surface area contributed by atoms with Gasteiger partial charge in [0.05, 0.1) is 5.56 Å². The summed E-state index contributed by atoms with van der Waals surface area (Å²) >= 11 is 16.1. The summed E-state index contributed by atoms with van der Waals surface area (Å²) in [6.07, 6.45) is 1.28. The van der Waals surface area contributed by atoms with Crippen LogP contribution in [0, 0.1) is 0 Å². The first-order chi connectivity index (χ1) is 6.91. The van der Waals surface area contributed by atoms with Crippen LogP contribution in [0.2, 0.25) is 0 Å². The molecule has 1 amide bonds. The van der Waals surface area contributed by atoms with Crippen LogP contribution in [0.5, 0.6) is 0 Å². The lowest BCUT2D eigenvalue weighted by Gasteiger charge is -2.19. The van der Waals surface area contributed by atoms with Gasteiger partial charge in [0.2, 0.25) is 3.79 Å². The van der Waals surface area contributed by atoms with Crippen LogP contribution in [0.15, 0.2) is 24.5 Å². The number of aliphatic hydroxyl groups excluding tert-OH is 1. The summed E-state index contributed by atoms with van der Waals surface area (Å²) in [6.45, 7) is 0. The van der Waals surface area contributed by atoms with Crippen molar-refractivity contribution in [3.8, 4) is 0 Å². The highest BCUT2D eigenvalue weighted by atomic mass is 35.6. The minimum absolute atomic E-state index is 0.269. The molecule has 1 aromatic rings. The monoisotopic (exact) mass is 268 g/mol. The Morgan fingerprint density at radius 3 is 2.67 bits per heavy atom. The largest absolute Gasteiger partial charge is 0.369 e. The van der Waals surface area contributed by atoms with E-state index in [4.69, 9.17) is 34.8 Å². The van der Waals surface area contributed by atoms with Gasteiger partial charge < -0.3 is 10.4 Å². The fourth-order valence-corrected chi connectivity index (χ4v) is 0.950. The number of halogens is 3. The average molecular weight is 270 g/mol. The molecule has 0 unspecified atom stereocenters. The van der Waals surface area contributed by atoms with E-state index in [0.29, 0.717) is 0 Å². The van der Waals surface area contributed by atoms with Gasteiger partial charge in [-0.25, -0.2) is 0 Å². The van der Waals surface area contributed by atoms with Crippen molar-refractivity contribution in [2.75, 3.05) is 0 Å². The Balaban J connectivity index is 2.65. The number of pyridine rings is 1. The third-order valence-electron chi connectivity index (χ3n) is 1.50. The first-order valence-corrected chi connectivity index (χ1v) is 5.00. The Morgan fingerprint density at radius 2 is 2.20 bits per heavy atom. The number of aliphatic hydroxyl groups is 1. The van der Waals surface area contributed by atoms with Gasteiger partial charge in [-0.05, 0) is 12.1 Å². The number of hydrogen-bond donors (Lipinski definition) is 2. The second kappa shape index (κ2) is 4.99. The zero-order valence-corrected chi connectivity index (χ0v) is 9.59. The van der Waals surface area contributed by atoms with Gasteiger partial charge in [-0.2, -0.15) is 0 Å². The standard InChI is InChI=1S/C8H7Cl3N2O2/c9-8(10,11)7(15)13-6(14)5-2-1-3-12-4-5/h1-4,7,15H,(H,13,14)/t7-/m1/s1. The van der Waals surface area contributed by atoms with E-state index in [0.717, 1.165) is 0 Å². The van der Waals surface area contributed by atoms with Gasteiger partial charge in [0, 0.05) is 12.4 Å². The van der Waals surface area contributed by atoms with E-state index in [1.54, 1.807) is 6.07 Å². The third-order valence-corrected chi connectivity index (χ3v) is 2.12. The Morgan fingerprint density at radius 1 is 1.53 bits per heavy atom. The number of alkyl halides is 3. The van der Waals surface area contributed by atoms with Crippen molar-refractivity contribution >= 4 is 40.7 Å². The lowest BCUT2D eigenvalue weighted by Crippen LogP contribution is -2.43. The second-order valence-electron chi connectivity index (χ2n) is 2.66. The number of aromatic nitrogens is 1. The van der Waals surface area contributed by atoms with E-state index < -0.39 is 15.9 Å². The summed E-state index contributed by atoms with van der Waals surface area (Å²) in [5.41, 5.74) is 0.269. The molecule has 0 saturated heterocycles. The molecule has 0 bridgehead atoms. The normalized spacial score (nSPS) is 13.3. The molecule has 1 rings (SSSR count). The molecule has 82 valence electrons. The molecule has 0 fully saturated rings. The smallest absolute Gasteiger partial charge is 0.254 e. The summed E-state index contributed by atoms with van der Waals surface area (Å²) in [7, 11) is 0. The topological polar surface area (TPSA) is 62.2 Å². The number of carbonyl (C=O) groups excluding carboxylic acids is 1. The van der Waals surface area contributed by atoms with Gasteiger partial charge in [-0.3, -0.25) is 9.78 Å². The molecule has 0 aliphatic carbocycles. The Bertz CT molecular complexity index is 339. The Hall–Kier alpha value is -0.550. The van der Waals surface area contributed by atoms with Crippen molar-refractivity contribution in [2.45, 2.75) is 10.0 Å². The van der Waals surface area contributed by atoms with Crippen molar-refractivity contribution in [3.05, 3.63) is 30.1 Å². The quantitative estimate of drug-likeness (QED) is 0.632. The van der Waals surface area contributed by atoms with Crippen LogP contribution in [0.1, 0.15) is 10.4 Å². The van der Waals surface area contributed by atoms with Crippen molar-refractivity contribution in [3.63, 3.8) is 0 Å². The zero-order chi connectivity index (χ0) is 11.5. The molecule has 0 spiro atoms. The highest BCUT2D eigenvalue weighted by Gasteiger charge is 2.32. The highest BCUT2D eigenvalue weighted by Crippen LogP contribution is 2.28. The molecule has 7 heteroatoms. The van der Waals surface area contributed by atoms with Gasteiger partial charge in [-0.1, -0.05) is 34.8 Å². The number of hydrogen-bond acceptors (Lipinski definition) is 3. The van der Waals surface area contributed by atoms with Crippen LogP contribution in [-0.2, 0) is 0 Å². The molecule has 0 radical (unpaired) electrons. The predicted octanol–water partition coefficient (Wildman–Crippen LogP) is 1.50.